The van der Waals surface area contributed by atoms with Crippen molar-refractivity contribution >= 4 is 12.0 Å². The molecule has 3 N–H and O–H groups in total. The summed E-state index contributed by atoms with van der Waals surface area (Å²) in [6.07, 6.45) is 1.59. The molecule has 7 nitrogen and oxygen atoms in total. The highest BCUT2D eigenvalue weighted by Gasteiger charge is 2.21. The number of carbonyl (C=O) groups excluding carboxylic acids is 1. The molecule has 0 saturated heterocycles. The van der Waals surface area contributed by atoms with Crippen LogP contribution in [-0.2, 0) is 11.3 Å². The minimum atomic E-state index is -1.17. The van der Waals surface area contributed by atoms with Gasteiger partial charge < -0.3 is 20.4 Å². The first-order chi connectivity index (χ1) is 9.04. The molecule has 0 fully saturated rings. The maximum atomic E-state index is 11.8. The van der Waals surface area contributed by atoms with Gasteiger partial charge in [-0.05, 0) is 12.1 Å². The van der Waals surface area contributed by atoms with Gasteiger partial charge in [0.25, 0.3) is 0 Å². The van der Waals surface area contributed by atoms with Crippen molar-refractivity contribution in [2.45, 2.75) is 19.0 Å². The number of aliphatic hydroxyl groups is 1. The molecule has 1 heterocycles. The van der Waals surface area contributed by atoms with E-state index in [-0.39, 0.29) is 19.6 Å². The highest BCUT2D eigenvalue weighted by atomic mass is 16.4. The Morgan fingerprint density at radius 2 is 2.21 bits per heavy atom. The standard InChI is InChI=1S/C12H17N3O4/c1-15(8-9-4-2-3-6-13-9)12(19)14-10(5-7-16)11(17)18/h2-4,6,10,16H,5,7-8H2,1H3,(H,14,19)(H,17,18)/t10-/m1/s1. The predicted octanol–water partition coefficient (Wildman–Crippen LogP) is 0.0586. The molecule has 2 amide bonds. The van der Waals surface area contributed by atoms with Gasteiger partial charge in [0.05, 0.1) is 12.2 Å². The second kappa shape index (κ2) is 7.32. The number of aromatic nitrogens is 1. The summed E-state index contributed by atoms with van der Waals surface area (Å²) in [5.41, 5.74) is 0.703. The SMILES string of the molecule is CN(Cc1ccccn1)C(=O)N[C@H](CCO)C(=O)O. The van der Waals surface area contributed by atoms with Gasteiger partial charge in [0.2, 0.25) is 0 Å². The van der Waals surface area contributed by atoms with Crippen molar-refractivity contribution in [3.63, 3.8) is 0 Å². The number of nitrogens with zero attached hydrogens (tertiary/aromatic N) is 2. The second-order valence-electron chi connectivity index (χ2n) is 4.03. The summed E-state index contributed by atoms with van der Waals surface area (Å²) < 4.78 is 0. The molecular formula is C12H17N3O4. The van der Waals surface area contributed by atoms with Crippen molar-refractivity contribution in [2.24, 2.45) is 0 Å². The Hall–Kier alpha value is -2.15. The van der Waals surface area contributed by atoms with Crippen molar-refractivity contribution in [3.8, 4) is 0 Å². The van der Waals surface area contributed by atoms with Gasteiger partial charge in [-0.3, -0.25) is 4.98 Å². The van der Waals surface area contributed by atoms with Crippen LogP contribution in [0.2, 0.25) is 0 Å². The lowest BCUT2D eigenvalue weighted by atomic mass is 10.2. The Kier molecular flexibility index (Phi) is 5.74. The lowest BCUT2D eigenvalue weighted by Gasteiger charge is -2.20. The molecule has 0 spiro atoms. The molecule has 104 valence electrons. The zero-order chi connectivity index (χ0) is 14.3. The van der Waals surface area contributed by atoms with Crippen LogP contribution in [0.15, 0.2) is 24.4 Å². The normalized spacial score (nSPS) is 11.7. The number of hydrogen-bond donors (Lipinski definition) is 3. The summed E-state index contributed by atoms with van der Waals surface area (Å²) in [7, 11) is 1.54. The molecule has 1 rings (SSSR count). The monoisotopic (exact) mass is 267 g/mol. The topological polar surface area (TPSA) is 103 Å². The van der Waals surface area contributed by atoms with Gasteiger partial charge in [-0.25, -0.2) is 9.59 Å². The van der Waals surface area contributed by atoms with E-state index in [1.165, 1.54) is 4.90 Å². The van der Waals surface area contributed by atoms with Crippen LogP contribution in [0, 0.1) is 0 Å². The van der Waals surface area contributed by atoms with E-state index in [9.17, 15) is 9.59 Å². The number of hydrogen-bond acceptors (Lipinski definition) is 4. The third-order valence-electron chi connectivity index (χ3n) is 2.49. The van der Waals surface area contributed by atoms with Crippen molar-refractivity contribution in [1.29, 1.82) is 0 Å². The van der Waals surface area contributed by atoms with Gasteiger partial charge in [0.15, 0.2) is 0 Å². The molecule has 0 radical (unpaired) electrons. The molecular weight excluding hydrogens is 250 g/mol. The molecule has 1 atom stereocenters. The molecule has 0 bridgehead atoms. The van der Waals surface area contributed by atoms with Crippen LogP contribution in [0.3, 0.4) is 0 Å². The molecule has 1 aromatic rings. The third-order valence-corrected chi connectivity index (χ3v) is 2.49. The molecule has 19 heavy (non-hydrogen) atoms. The molecule has 1 aromatic heterocycles. The number of rotatable bonds is 6. The number of carbonyl (C=O) groups is 2. The fourth-order valence-corrected chi connectivity index (χ4v) is 1.45. The highest BCUT2D eigenvalue weighted by Crippen LogP contribution is 2.00. The van der Waals surface area contributed by atoms with Crippen molar-refractivity contribution in [3.05, 3.63) is 30.1 Å². The minimum absolute atomic E-state index is 0.0293. The number of aliphatic hydroxyl groups excluding tert-OH is 1. The predicted molar refractivity (Wildman–Crippen MR) is 67.4 cm³/mol. The Labute approximate surface area is 110 Å². The van der Waals surface area contributed by atoms with Gasteiger partial charge in [0.1, 0.15) is 6.04 Å². The van der Waals surface area contributed by atoms with Crippen LogP contribution < -0.4 is 5.32 Å². The lowest BCUT2D eigenvalue weighted by Crippen LogP contribution is -2.46. The summed E-state index contributed by atoms with van der Waals surface area (Å²) >= 11 is 0. The van der Waals surface area contributed by atoms with Crippen molar-refractivity contribution in [1.82, 2.24) is 15.2 Å². The first-order valence-corrected chi connectivity index (χ1v) is 5.79. The van der Waals surface area contributed by atoms with E-state index < -0.39 is 18.0 Å². The first kappa shape index (κ1) is 14.9. The number of pyridine rings is 1. The smallest absolute Gasteiger partial charge is 0.326 e. The summed E-state index contributed by atoms with van der Waals surface area (Å²) in [6, 6.07) is 3.73. The van der Waals surface area contributed by atoms with Crippen molar-refractivity contribution < 1.29 is 19.8 Å². The Morgan fingerprint density at radius 1 is 1.47 bits per heavy atom. The van der Waals surface area contributed by atoms with E-state index >= 15 is 0 Å². The maximum Gasteiger partial charge on any atom is 0.326 e. The van der Waals surface area contributed by atoms with Crippen LogP contribution in [0.5, 0.6) is 0 Å². The molecule has 0 aliphatic heterocycles. The van der Waals surface area contributed by atoms with E-state index in [0.29, 0.717) is 5.69 Å². The zero-order valence-corrected chi connectivity index (χ0v) is 10.6. The quantitative estimate of drug-likeness (QED) is 0.676. The number of aliphatic carboxylic acids is 1. The average Bonchev–Trinajstić information content (AvgIpc) is 2.39. The molecule has 0 aliphatic carbocycles. The molecule has 7 heteroatoms. The van der Waals surface area contributed by atoms with Crippen LogP contribution in [0.25, 0.3) is 0 Å². The lowest BCUT2D eigenvalue weighted by molar-refractivity contribution is -0.139. The molecule has 0 unspecified atom stereocenters. The maximum absolute atomic E-state index is 11.8. The number of nitrogens with one attached hydrogen (secondary N) is 1. The summed E-state index contributed by atoms with van der Waals surface area (Å²) in [5, 5.41) is 19.9. The van der Waals surface area contributed by atoms with Crippen LogP contribution in [0.4, 0.5) is 4.79 Å². The second-order valence-corrected chi connectivity index (χ2v) is 4.03. The number of amides is 2. The first-order valence-electron chi connectivity index (χ1n) is 5.79. The summed E-state index contributed by atoms with van der Waals surface area (Å²) in [5.74, 6) is -1.17. The Morgan fingerprint density at radius 3 is 2.74 bits per heavy atom. The van der Waals surface area contributed by atoms with Crippen LogP contribution in [-0.4, -0.2) is 51.8 Å². The van der Waals surface area contributed by atoms with E-state index in [2.05, 4.69) is 10.3 Å². The molecule has 0 aromatic carbocycles. The molecule has 0 aliphatic rings. The Bertz CT molecular complexity index is 424. The van der Waals surface area contributed by atoms with Gasteiger partial charge >= 0.3 is 12.0 Å². The number of carboxylic acids is 1. The van der Waals surface area contributed by atoms with Gasteiger partial charge in [-0.15, -0.1) is 0 Å². The van der Waals surface area contributed by atoms with E-state index in [0.717, 1.165) is 0 Å². The van der Waals surface area contributed by atoms with Crippen LogP contribution in [0.1, 0.15) is 12.1 Å². The van der Waals surface area contributed by atoms with Crippen molar-refractivity contribution in [2.75, 3.05) is 13.7 Å². The Balaban J connectivity index is 2.54. The number of carboxylic acid groups (broad SMARTS) is 1. The molecule has 0 saturated carbocycles. The summed E-state index contributed by atoms with van der Waals surface area (Å²) in [4.78, 5) is 28.0. The summed E-state index contributed by atoms with van der Waals surface area (Å²) in [6.45, 7) is -0.0284. The highest BCUT2D eigenvalue weighted by molar-refractivity contribution is 5.82. The van der Waals surface area contributed by atoms with E-state index in [4.69, 9.17) is 10.2 Å². The van der Waals surface area contributed by atoms with Gasteiger partial charge in [-0.2, -0.15) is 0 Å². The van der Waals surface area contributed by atoms with E-state index in [1.807, 2.05) is 0 Å². The van der Waals surface area contributed by atoms with Gasteiger partial charge in [0, 0.05) is 26.3 Å². The van der Waals surface area contributed by atoms with Gasteiger partial charge in [-0.1, -0.05) is 6.07 Å². The average molecular weight is 267 g/mol. The fraction of sp³-hybridized carbons (Fsp3) is 0.417. The zero-order valence-electron chi connectivity index (χ0n) is 10.6. The van der Waals surface area contributed by atoms with Crippen LogP contribution >= 0.6 is 0 Å². The minimum Gasteiger partial charge on any atom is -0.480 e. The number of urea groups is 1. The third kappa shape index (κ3) is 4.92. The van der Waals surface area contributed by atoms with E-state index in [1.54, 1.807) is 31.4 Å². The largest absolute Gasteiger partial charge is 0.480 e. The fourth-order valence-electron chi connectivity index (χ4n) is 1.45.